The summed E-state index contributed by atoms with van der Waals surface area (Å²) in [7, 11) is 0. The summed E-state index contributed by atoms with van der Waals surface area (Å²) in [5.74, 6) is 0. The molecule has 182 valence electrons. The standard InChI is InChI=1S/C34H24N2S2/c1-3-7-27(8-4-1)33-17-15-29(37-33)13-11-25-19-21-35-31(23-25)32-24-26(20-22-36-32)12-14-30-16-18-34(38-30)28-9-5-2-6-10-28/h1-24H. The lowest BCUT2D eigenvalue weighted by Crippen LogP contribution is -1.88. The van der Waals surface area contributed by atoms with Gasteiger partial charge in [0, 0.05) is 31.9 Å². The largest absolute Gasteiger partial charge is 0.255 e. The van der Waals surface area contributed by atoms with Gasteiger partial charge in [-0.3, -0.25) is 9.97 Å². The van der Waals surface area contributed by atoms with Crippen molar-refractivity contribution < 1.29 is 0 Å². The summed E-state index contributed by atoms with van der Waals surface area (Å²) in [6.07, 6.45) is 12.3. The fraction of sp³-hybridized carbons (Fsp3) is 0. The number of hydrogen-bond donors (Lipinski definition) is 0. The number of thiophene rings is 2. The first-order valence-corrected chi connectivity index (χ1v) is 14.0. The molecule has 4 heteroatoms. The van der Waals surface area contributed by atoms with Crippen molar-refractivity contribution in [2.24, 2.45) is 0 Å². The molecule has 0 fully saturated rings. The number of nitrogens with zero attached hydrogens (tertiary/aromatic N) is 2. The molecule has 4 heterocycles. The van der Waals surface area contributed by atoms with Crippen LogP contribution in [0.2, 0.25) is 0 Å². The number of benzene rings is 2. The van der Waals surface area contributed by atoms with Gasteiger partial charge in [0.15, 0.2) is 0 Å². The maximum Gasteiger partial charge on any atom is 0.0892 e. The van der Waals surface area contributed by atoms with Gasteiger partial charge >= 0.3 is 0 Å². The first kappa shape index (κ1) is 24.0. The van der Waals surface area contributed by atoms with Gasteiger partial charge in [0.2, 0.25) is 0 Å². The number of aromatic nitrogens is 2. The topological polar surface area (TPSA) is 25.8 Å². The molecule has 2 aromatic carbocycles. The van der Waals surface area contributed by atoms with Crippen molar-refractivity contribution in [1.29, 1.82) is 0 Å². The first-order chi connectivity index (χ1) is 18.8. The molecule has 6 aromatic rings. The third-order valence-corrected chi connectivity index (χ3v) is 8.28. The Morgan fingerprint density at radius 2 is 0.895 bits per heavy atom. The highest BCUT2D eigenvalue weighted by molar-refractivity contribution is 7.16. The molecule has 0 radical (unpaired) electrons. The van der Waals surface area contributed by atoms with Gasteiger partial charge < -0.3 is 0 Å². The number of hydrogen-bond acceptors (Lipinski definition) is 4. The Balaban J connectivity index is 1.17. The van der Waals surface area contributed by atoms with Gasteiger partial charge in [-0.1, -0.05) is 72.8 Å². The van der Waals surface area contributed by atoms with Crippen molar-refractivity contribution in [3.63, 3.8) is 0 Å². The van der Waals surface area contributed by atoms with Crippen molar-refractivity contribution in [1.82, 2.24) is 9.97 Å². The second kappa shape index (κ2) is 11.3. The van der Waals surface area contributed by atoms with Crippen molar-refractivity contribution in [3.8, 4) is 32.3 Å². The van der Waals surface area contributed by atoms with E-state index in [1.54, 1.807) is 22.7 Å². The molecule has 0 unspecified atom stereocenters. The van der Waals surface area contributed by atoms with Crippen LogP contribution in [-0.4, -0.2) is 9.97 Å². The smallest absolute Gasteiger partial charge is 0.0892 e. The van der Waals surface area contributed by atoms with E-state index in [2.05, 4.69) is 119 Å². The third kappa shape index (κ3) is 5.78. The zero-order valence-corrected chi connectivity index (χ0v) is 22.2. The molecular formula is C34H24N2S2. The summed E-state index contributed by atoms with van der Waals surface area (Å²) in [5, 5.41) is 0. The molecule has 0 aliphatic carbocycles. The first-order valence-electron chi connectivity index (χ1n) is 12.4. The van der Waals surface area contributed by atoms with Crippen LogP contribution in [-0.2, 0) is 0 Å². The lowest BCUT2D eigenvalue weighted by Gasteiger charge is -2.03. The maximum absolute atomic E-state index is 4.59. The molecule has 0 N–H and O–H groups in total. The molecular weight excluding hydrogens is 501 g/mol. The lowest BCUT2D eigenvalue weighted by atomic mass is 10.1. The molecule has 0 aliphatic rings. The molecule has 6 rings (SSSR count). The summed E-state index contributed by atoms with van der Waals surface area (Å²) in [5.41, 5.74) is 6.42. The Kier molecular flexibility index (Phi) is 7.16. The van der Waals surface area contributed by atoms with Gasteiger partial charge in [0.1, 0.15) is 0 Å². The van der Waals surface area contributed by atoms with Crippen molar-refractivity contribution in [2.45, 2.75) is 0 Å². The van der Waals surface area contributed by atoms with E-state index in [1.165, 1.54) is 30.6 Å². The third-order valence-electron chi connectivity index (χ3n) is 6.08. The van der Waals surface area contributed by atoms with E-state index in [1.807, 2.05) is 36.7 Å². The minimum absolute atomic E-state index is 0.862. The van der Waals surface area contributed by atoms with Gasteiger partial charge in [0.05, 0.1) is 11.4 Å². The van der Waals surface area contributed by atoms with Crippen LogP contribution in [0.3, 0.4) is 0 Å². The predicted molar refractivity (Wildman–Crippen MR) is 165 cm³/mol. The molecule has 0 saturated heterocycles. The average molecular weight is 525 g/mol. The second-order valence-electron chi connectivity index (χ2n) is 8.75. The zero-order chi connectivity index (χ0) is 25.6. The van der Waals surface area contributed by atoms with Crippen LogP contribution in [0.25, 0.3) is 56.6 Å². The van der Waals surface area contributed by atoms with Crippen LogP contribution < -0.4 is 0 Å². The summed E-state index contributed by atoms with van der Waals surface area (Å²) in [6.45, 7) is 0. The Morgan fingerprint density at radius 1 is 0.447 bits per heavy atom. The summed E-state index contributed by atoms with van der Waals surface area (Å²) < 4.78 is 0. The van der Waals surface area contributed by atoms with Crippen molar-refractivity contribution in [3.05, 3.63) is 142 Å². The van der Waals surface area contributed by atoms with Gasteiger partial charge in [-0.15, -0.1) is 22.7 Å². The maximum atomic E-state index is 4.59. The molecule has 2 nitrogen and oxygen atoms in total. The molecule has 38 heavy (non-hydrogen) atoms. The summed E-state index contributed by atoms with van der Waals surface area (Å²) in [6, 6.07) is 37.9. The lowest BCUT2D eigenvalue weighted by molar-refractivity contribution is 1.24. The Morgan fingerprint density at radius 3 is 1.34 bits per heavy atom. The number of rotatable bonds is 7. The van der Waals surface area contributed by atoms with Gasteiger partial charge in [-0.2, -0.15) is 0 Å². The molecule has 0 aliphatic heterocycles. The minimum Gasteiger partial charge on any atom is -0.255 e. The summed E-state index contributed by atoms with van der Waals surface area (Å²) >= 11 is 3.58. The molecule has 0 amide bonds. The fourth-order valence-electron chi connectivity index (χ4n) is 4.14. The highest BCUT2D eigenvalue weighted by Crippen LogP contribution is 2.30. The van der Waals surface area contributed by atoms with Crippen LogP contribution in [0.1, 0.15) is 20.9 Å². The molecule has 0 spiro atoms. The molecule has 0 atom stereocenters. The van der Waals surface area contributed by atoms with E-state index >= 15 is 0 Å². The van der Waals surface area contributed by atoms with Gasteiger partial charge in [-0.25, -0.2) is 0 Å². The van der Waals surface area contributed by atoms with Gasteiger partial charge in [-0.05, 0) is 82.9 Å². The highest BCUT2D eigenvalue weighted by atomic mass is 32.1. The Bertz CT molecular complexity index is 1580. The van der Waals surface area contributed by atoms with E-state index in [9.17, 15) is 0 Å². The van der Waals surface area contributed by atoms with Crippen LogP contribution in [0, 0.1) is 0 Å². The second-order valence-corrected chi connectivity index (χ2v) is 11.0. The van der Waals surface area contributed by atoms with E-state index in [-0.39, 0.29) is 0 Å². The molecule has 0 bridgehead atoms. The predicted octanol–water partition coefficient (Wildman–Crippen LogP) is 9.94. The molecule has 0 saturated carbocycles. The highest BCUT2D eigenvalue weighted by Gasteiger charge is 2.04. The zero-order valence-electron chi connectivity index (χ0n) is 20.6. The Labute approximate surface area is 231 Å². The van der Waals surface area contributed by atoms with Crippen LogP contribution >= 0.6 is 22.7 Å². The van der Waals surface area contributed by atoms with Crippen molar-refractivity contribution >= 4 is 47.0 Å². The van der Waals surface area contributed by atoms with Crippen LogP contribution in [0.5, 0.6) is 0 Å². The normalized spacial score (nSPS) is 11.5. The van der Waals surface area contributed by atoms with E-state index < -0.39 is 0 Å². The van der Waals surface area contributed by atoms with E-state index in [4.69, 9.17) is 0 Å². The average Bonchev–Trinajstić information content (AvgIpc) is 3.67. The van der Waals surface area contributed by atoms with Gasteiger partial charge in [0.25, 0.3) is 0 Å². The fourth-order valence-corrected chi connectivity index (χ4v) is 5.97. The minimum atomic E-state index is 0.862. The SMILES string of the molecule is C(=Cc1ccc(-c2ccccc2)s1)c1ccnc(-c2cc(C=Cc3ccc(-c4ccccc4)s3)ccn2)c1. The monoisotopic (exact) mass is 524 g/mol. The molecule has 4 aromatic heterocycles. The van der Waals surface area contributed by atoms with Crippen LogP contribution in [0.15, 0.2) is 122 Å². The summed E-state index contributed by atoms with van der Waals surface area (Å²) in [4.78, 5) is 14.2. The van der Waals surface area contributed by atoms with E-state index in [0.29, 0.717) is 0 Å². The Hall–Kier alpha value is -4.38. The van der Waals surface area contributed by atoms with Crippen LogP contribution in [0.4, 0.5) is 0 Å². The van der Waals surface area contributed by atoms with Crippen molar-refractivity contribution in [2.75, 3.05) is 0 Å². The number of pyridine rings is 2. The quantitative estimate of drug-likeness (QED) is 0.208. The van der Waals surface area contributed by atoms with E-state index in [0.717, 1.165) is 22.5 Å².